The number of nitrogens with zero attached hydrogens (tertiary/aromatic N) is 1. The van der Waals surface area contributed by atoms with Crippen molar-refractivity contribution in [2.75, 3.05) is 6.54 Å². The molecule has 33 heavy (non-hydrogen) atoms. The van der Waals surface area contributed by atoms with Gasteiger partial charge in [-0.1, -0.05) is 75.0 Å². The Kier molecular flexibility index (Phi) is 8.59. The maximum Gasteiger partial charge on any atom is 0.243 e. The molecule has 0 bridgehead atoms. The lowest BCUT2D eigenvalue weighted by atomic mass is 10.1. The monoisotopic (exact) mass is 568 g/mol. The van der Waals surface area contributed by atoms with Gasteiger partial charge in [0.15, 0.2) is 0 Å². The van der Waals surface area contributed by atoms with Gasteiger partial charge in [-0.2, -0.15) is 4.31 Å². The van der Waals surface area contributed by atoms with Crippen molar-refractivity contribution in [3.8, 4) is 0 Å². The second-order valence-corrected chi connectivity index (χ2v) is 11.4. The number of hydrogen-bond donors (Lipinski definition) is 1. The minimum absolute atomic E-state index is 0.0771. The molecule has 3 aromatic carbocycles. The van der Waals surface area contributed by atoms with Gasteiger partial charge in [-0.25, -0.2) is 8.42 Å². The molecule has 9 heteroatoms. The average Bonchev–Trinajstić information content (AvgIpc) is 2.75. The van der Waals surface area contributed by atoms with Crippen LogP contribution in [0.2, 0.25) is 10.0 Å². The molecule has 0 aromatic heterocycles. The minimum Gasteiger partial charge on any atom is -0.348 e. The van der Waals surface area contributed by atoms with Crippen LogP contribution in [0.4, 0.5) is 0 Å². The Morgan fingerprint density at radius 2 is 1.67 bits per heavy atom. The Labute approximate surface area is 212 Å². The number of benzene rings is 3. The number of aryl methyl sites for hydroxylation is 1. The van der Waals surface area contributed by atoms with Crippen molar-refractivity contribution < 1.29 is 13.2 Å². The van der Waals surface area contributed by atoms with Crippen LogP contribution < -0.4 is 5.32 Å². The number of carbonyl (C=O) groups is 1. The van der Waals surface area contributed by atoms with Gasteiger partial charge in [0.05, 0.1) is 17.5 Å². The molecular weight excluding hydrogens is 547 g/mol. The zero-order valence-electron chi connectivity index (χ0n) is 18.1. The summed E-state index contributed by atoms with van der Waals surface area (Å²) in [5.41, 5.74) is 2.38. The van der Waals surface area contributed by atoms with E-state index >= 15 is 0 Å². The van der Waals surface area contributed by atoms with Gasteiger partial charge in [-0.3, -0.25) is 4.79 Å². The summed E-state index contributed by atoms with van der Waals surface area (Å²) in [4.78, 5) is 13.0. The molecule has 0 saturated carbocycles. The Bertz CT molecular complexity index is 1230. The zero-order chi connectivity index (χ0) is 24.2. The highest BCUT2D eigenvalue weighted by molar-refractivity contribution is 9.10. The van der Waals surface area contributed by atoms with Crippen LogP contribution in [0.1, 0.15) is 29.7 Å². The van der Waals surface area contributed by atoms with E-state index in [-0.39, 0.29) is 24.0 Å². The molecule has 0 unspecified atom stereocenters. The van der Waals surface area contributed by atoms with Gasteiger partial charge in [-0.15, -0.1) is 0 Å². The number of nitrogens with one attached hydrogen (secondary N) is 1. The standard InChI is InChI=1S/C24H23BrCl2N2O3S/c1-16-3-11-22(12-4-16)33(31,32)29(14-19-7-10-21(26)13-23(19)27)15-24(30)28-17(2)18-5-8-20(25)9-6-18/h3-13,17H,14-15H2,1-2H3,(H,28,30)/t17-/m1/s1. The van der Waals surface area contributed by atoms with Gasteiger partial charge in [0.25, 0.3) is 0 Å². The van der Waals surface area contributed by atoms with E-state index in [1.165, 1.54) is 12.1 Å². The minimum atomic E-state index is -3.97. The Hall–Kier alpha value is -1.90. The normalized spacial score (nSPS) is 12.5. The van der Waals surface area contributed by atoms with Gasteiger partial charge in [0.2, 0.25) is 15.9 Å². The van der Waals surface area contributed by atoms with Gasteiger partial charge in [-0.05, 0) is 61.4 Å². The van der Waals surface area contributed by atoms with Crippen molar-refractivity contribution in [2.45, 2.75) is 31.3 Å². The van der Waals surface area contributed by atoms with Crippen molar-refractivity contribution in [3.63, 3.8) is 0 Å². The van der Waals surface area contributed by atoms with Gasteiger partial charge in [0.1, 0.15) is 0 Å². The number of amides is 1. The van der Waals surface area contributed by atoms with Crippen molar-refractivity contribution in [2.24, 2.45) is 0 Å². The quantitative estimate of drug-likeness (QED) is 0.355. The molecule has 0 aliphatic rings. The molecule has 3 rings (SSSR count). The topological polar surface area (TPSA) is 66.5 Å². The first kappa shape index (κ1) is 25.7. The van der Waals surface area contributed by atoms with Crippen LogP contribution >= 0.6 is 39.1 Å². The molecule has 0 spiro atoms. The third-order valence-electron chi connectivity index (χ3n) is 5.09. The lowest BCUT2D eigenvalue weighted by molar-refractivity contribution is -0.122. The molecule has 174 valence electrons. The summed E-state index contributed by atoms with van der Waals surface area (Å²) in [5, 5.41) is 3.65. The number of halogens is 3. The Morgan fingerprint density at radius 3 is 2.27 bits per heavy atom. The average molecular weight is 570 g/mol. The van der Waals surface area contributed by atoms with E-state index in [2.05, 4.69) is 21.2 Å². The third-order valence-corrected chi connectivity index (χ3v) is 8.01. The Morgan fingerprint density at radius 1 is 1.03 bits per heavy atom. The fraction of sp³-hybridized carbons (Fsp3) is 0.208. The molecule has 1 atom stereocenters. The fourth-order valence-electron chi connectivity index (χ4n) is 3.21. The molecule has 5 nitrogen and oxygen atoms in total. The summed E-state index contributed by atoms with van der Waals surface area (Å²) < 4.78 is 28.9. The molecule has 0 heterocycles. The predicted molar refractivity (Wildman–Crippen MR) is 136 cm³/mol. The van der Waals surface area contributed by atoms with Crippen molar-refractivity contribution in [1.29, 1.82) is 0 Å². The zero-order valence-corrected chi connectivity index (χ0v) is 22.0. The van der Waals surface area contributed by atoms with Crippen LogP contribution in [-0.4, -0.2) is 25.2 Å². The van der Waals surface area contributed by atoms with Crippen LogP contribution in [0, 0.1) is 6.92 Å². The van der Waals surface area contributed by atoms with E-state index in [1.54, 1.807) is 30.3 Å². The van der Waals surface area contributed by atoms with E-state index in [0.717, 1.165) is 19.9 Å². The highest BCUT2D eigenvalue weighted by atomic mass is 79.9. The van der Waals surface area contributed by atoms with Crippen LogP contribution in [0.25, 0.3) is 0 Å². The number of hydrogen-bond acceptors (Lipinski definition) is 3. The summed E-state index contributed by atoms with van der Waals surface area (Å²) in [6.07, 6.45) is 0. The molecule has 0 saturated heterocycles. The van der Waals surface area contributed by atoms with Crippen LogP contribution in [0.3, 0.4) is 0 Å². The highest BCUT2D eigenvalue weighted by Crippen LogP contribution is 2.25. The fourth-order valence-corrected chi connectivity index (χ4v) is 5.31. The molecule has 0 fully saturated rings. The molecule has 3 aromatic rings. The van der Waals surface area contributed by atoms with Crippen LogP contribution in [-0.2, 0) is 21.4 Å². The number of carbonyl (C=O) groups excluding carboxylic acids is 1. The first-order valence-corrected chi connectivity index (χ1v) is 13.1. The van der Waals surface area contributed by atoms with E-state index < -0.39 is 15.9 Å². The second-order valence-electron chi connectivity index (χ2n) is 7.66. The SMILES string of the molecule is Cc1ccc(S(=O)(=O)N(CC(=O)N[C@H](C)c2ccc(Br)cc2)Cc2ccc(Cl)cc2Cl)cc1. The first-order chi connectivity index (χ1) is 15.6. The maximum atomic E-state index is 13.4. The van der Waals surface area contributed by atoms with E-state index in [4.69, 9.17) is 23.2 Å². The number of rotatable bonds is 8. The van der Waals surface area contributed by atoms with E-state index in [9.17, 15) is 13.2 Å². The summed E-state index contributed by atoms with van der Waals surface area (Å²) in [6, 6.07) is 18.6. The maximum absolute atomic E-state index is 13.4. The van der Waals surface area contributed by atoms with E-state index in [0.29, 0.717) is 15.6 Å². The van der Waals surface area contributed by atoms with Crippen LogP contribution in [0.5, 0.6) is 0 Å². The molecular formula is C24H23BrCl2N2O3S. The largest absolute Gasteiger partial charge is 0.348 e. The van der Waals surface area contributed by atoms with Crippen molar-refractivity contribution >= 4 is 55.1 Å². The summed E-state index contributed by atoms with van der Waals surface area (Å²) in [6.45, 7) is 3.27. The van der Waals surface area contributed by atoms with Crippen LogP contribution in [0.15, 0.2) is 76.1 Å². The summed E-state index contributed by atoms with van der Waals surface area (Å²) in [5.74, 6) is -0.425. The summed E-state index contributed by atoms with van der Waals surface area (Å²) >= 11 is 15.7. The predicted octanol–water partition coefficient (Wildman–Crippen LogP) is 6.13. The second kappa shape index (κ2) is 11.0. The van der Waals surface area contributed by atoms with Crippen molar-refractivity contribution in [3.05, 3.63) is 97.9 Å². The molecule has 0 aliphatic heterocycles. The Balaban J connectivity index is 1.86. The third kappa shape index (κ3) is 6.80. The lowest BCUT2D eigenvalue weighted by Crippen LogP contribution is -2.41. The molecule has 0 aliphatic carbocycles. The summed E-state index contributed by atoms with van der Waals surface area (Å²) in [7, 11) is -3.97. The number of sulfonamides is 1. The first-order valence-electron chi connectivity index (χ1n) is 10.1. The highest BCUT2D eigenvalue weighted by Gasteiger charge is 2.28. The lowest BCUT2D eigenvalue weighted by Gasteiger charge is -2.24. The molecule has 1 N–H and O–H groups in total. The van der Waals surface area contributed by atoms with E-state index in [1.807, 2.05) is 38.1 Å². The smallest absolute Gasteiger partial charge is 0.243 e. The van der Waals surface area contributed by atoms with Gasteiger partial charge >= 0.3 is 0 Å². The molecule has 0 radical (unpaired) electrons. The van der Waals surface area contributed by atoms with Gasteiger partial charge < -0.3 is 5.32 Å². The van der Waals surface area contributed by atoms with Crippen molar-refractivity contribution in [1.82, 2.24) is 9.62 Å². The van der Waals surface area contributed by atoms with Gasteiger partial charge in [0, 0.05) is 21.1 Å². The molecule has 1 amide bonds.